The van der Waals surface area contributed by atoms with E-state index in [1.807, 2.05) is 18.2 Å². The minimum Gasteiger partial charge on any atom is -0.491 e. The van der Waals surface area contributed by atoms with Crippen molar-refractivity contribution in [2.24, 2.45) is 0 Å². The highest BCUT2D eigenvalue weighted by Gasteiger charge is 2.09. The van der Waals surface area contributed by atoms with Crippen LogP contribution in [0.4, 0.5) is 5.69 Å². The molecule has 2 atom stereocenters. The van der Waals surface area contributed by atoms with Gasteiger partial charge in [-0.15, -0.1) is 0 Å². The first-order chi connectivity index (χ1) is 11.5. The lowest BCUT2D eigenvalue weighted by Crippen LogP contribution is -2.33. The maximum absolute atomic E-state index is 11.0. The lowest BCUT2D eigenvalue weighted by molar-refractivity contribution is -0.114. The highest BCUT2D eigenvalue weighted by Crippen LogP contribution is 2.16. The molecule has 5 nitrogen and oxygen atoms in total. The molecule has 5 heteroatoms. The smallest absolute Gasteiger partial charge is 0.221 e. The minimum absolute atomic E-state index is 0.113. The third-order valence-corrected chi connectivity index (χ3v) is 3.58. The third kappa shape index (κ3) is 6.02. The van der Waals surface area contributed by atoms with E-state index in [1.165, 1.54) is 12.5 Å². The fourth-order valence-electron chi connectivity index (χ4n) is 2.26. The van der Waals surface area contributed by atoms with Crippen LogP contribution >= 0.6 is 0 Å². The molecular formula is C19H24N2O3. The van der Waals surface area contributed by atoms with Crippen LogP contribution in [0.2, 0.25) is 0 Å². The van der Waals surface area contributed by atoms with Crippen molar-refractivity contribution in [3.8, 4) is 5.75 Å². The summed E-state index contributed by atoms with van der Waals surface area (Å²) in [5.74, 6) is 0.539. The third-order valence-electron chi connectivity index (χ3n) is 3.58. The summed E-state index contributed by atoms with van der Waals surface area (Å²) in [7, 11) is 0. The monoisotopic (exact) mass is 328 g/mol. The summed E-state index contributed by atoms with van der Waals surface area (Å²) in [5, 5.41) is 16.0. The van der Waals surface area contributed by atoms with Gasteiger partial charge < -0.3 is 20.5 Å². The van der Waals surface area contributed by atoms with Gasteiger partial charge in [0.05, 0.1) is 0 Å². The largest absolute Gasteiger partial charge is 0.491 e. The molecule has 24 heavy (non-hydrogen) atoms. The van der Waals surface area contributed by atoms with Gasteiger partial charge in [-0.3, -0.25) is 4.79 Å². The fourth-order valence-corrected chi connectivity index (χ4v) is 2.26. The Kier molecular flexibility index (Phi) is 6.78. The summed E-state index contributed by atoms with van der Waals surface area (Å²) in [6, 6.07) is 17.3. The topological polar surface area (TPSA) is 70.6 Å². The second kappa shape index (κ2) is 9.05. The van der Waals surface area contributed by atoms with Gasteiger partial charge in [0.2, 0.25) is 5.91 Å². The van der Waals surface area contributed by atoms with Gasteiger partial charge in [0.25, 0.3) is 0 Å². The van der Waals surface area contributed by atoms with E-state index in [2.05, 4.69) is 29.7 Å². The summed E-state index contributed by atoms with van der Waals surface area (Å²) in [5.41, 5.74) is 1.90. The molecule has 2 aromatic carbocycles. The van der Waals surface area contributed by atoms with Crippen molar-refractivity contribution in [3.63, 3.8) is 0 Å². The SMILES string of the molecule is CC(=O)Nc1ccc(OC[C@@H](O)CN[C@H](C)c2ccccc2)cc1. The number of aliphatic hydroxyl groups excluding tert-OH is 1. The van der Waals surface area contributed by atoms with Gasteiger partial charge in [-0.25, -0.2) is 0 Å². The number of amides is 1. The summed E-state index contributed by atoms with van der Waals surface area (Å²) in [4.78, 5) is 11.0. The quantitative estimate of drug-likeness (QED) is 0.697. The number of rotatable bonds is 8. The molecule has 0 saturated heterocycles. The van der Waals surface area contributed by atoms with Crippen LogP contribution in [-0.4, -0.2) is 30.3 Å². The summed E-state index contributed by atoms with van der Waals surface area (Å²) >= 11 is 0. The molecule has 3 N–H and O–H groups in total. The molecule has 0 unspecified atom stereocenters. The molecule has 0 aromatic heterocycles. The van der Waals surface area contributed by atoms with Crippen LogP contribution in [0.5, 0.6) is 5.75 Å². The molecule has 0 bridgehead atoms. The van der Waals surface area contributed by atoms with Crippen molar-refractivity contribution >= 4 is 11.6 Å². The molecule has 0 aliphatic heterocycles. The Labute approximate surface area is 142 Å². The van der Waals surface area contributed by atoms with Crippen molar-refractivity contribution < 1.29 is 14.6 Å². The number of carbonyl (C=O) groups is 1. The van der Waals surface area contributed by atoms with E-state index >= 15 is 0 Å². The molecule has 0 spiro atoms. The highest BCUT2D eigenvalue weighted by atomic mass is 16.5. The van der Waals surface area contributed by atoms with Crippen molar-refractivity contribution in [1.29, 1.82) is 0 Å². The number of carbonyl (C=O) groups excluding carboxylic acids is 1. The average molecular weight is 328 g/mol. The van der Waals surface area contributed by atoms with Crippen molar-refractivity contribution in [1.82, 2.24) is 5.32 Å². The maximum atomic E-state index is 11.0. The van der Waals surface area contributed by atoms with Crippen LogP contribution in [0.15, 0.2) is 54.6 Å². The fraction of sp³-hybridized carbons (Fsp3) is 0.316. The predicted molar refractivity (Wildman–Crippen MR) is 95.1 cm³/mol. The molecule has 1 amide bonds. The van der Waals surface area contributed by atoms with Gasteiger partial charge in [0, 0.05) is 25.2 Å². The zero-order chi connectivity index (χ0) is 17.4. The number of aliphatic hydroxyl groups is 1. The van der Waals surface area contributed by atoms with E-state index in [0.29, 0.717) is 18.0 Å². The maximum Gasteiger partial charge on any atom is 0.221 e. The van der Waals surface area contributed by atoms with Crippen LogP contribution < -0.4 is 15.4 Å². The number of hydrogen-bond acceptors (Lipinski definition) is 4. The first-order valence-electron chi connectivity index (χ1n) is 8.01. The molecule has 0 radical (unpaired) electrons. The van der Waals surface area contributed by atoms with Gasteiger partial charge in [0.15, 0.2) is 0 Å². The second-order valence-corrected chi connectivity index (χ2v) is 5.71. The van der Waals surface area contributed by atoms with E-state index in [0.717, 1.165) is 0 Å². The van der Waals surface area contributed by atoms with Crippen molar-refractivity contribution in [2.45, 2.75) is 26.0 Å². The zero-order valence-corrected chi connectivity index (χ0v) is 14.0. The molecule has 2 rings (SSSR count). The summed E-state index contributed by atoms with van der Waals surface area (Å²) in [6.45, 7) is 4.17. The van der Waals surface area contributed by atoms with Crippen LogP contribution in [0, 0.1) is 0 Å². The number of ether oxygens (including phenoxy) is 1. The minimum atomic E-state index is -0.605. The lowest BCUT2D eigenvalue weighted by atomic mass is 10.1. The Balaban J connectivity index is 1.72. The number of benzene rings is 2. The van der Waals surface area contributed by atoms with Gasteiger partial charge >= 0.3 is 0 Å². The van der Waals surface area contributed by atoms with Gasteiger partial charge in [-0.1, -0.05) is 30.3 Å². The molecule has 2 aromatic rings. The molecule has 128 valence electrons. The van der Waals surface area contributed by atoms with Crippen LogP contribution in [0.3, 0.4) is 0 Å². The predicted octanol–water partition coefficient (Wildman–Crippen LogP) is 2.74. The standard InChI is InChI=1S/C19H24N2O3/c1-14(16-6-4-3-5-7-16)20-12-18(23)13-24-19-10-8-17(9-11-19)21-15(2)22/h3-11,14,18,20,23H,12-13H2,1-2H3,(H,21,22)/t14-,18+/m1/s1. The van der Waals surface area contributed by atoms with Crippen LogP contribution in [0.1, 0.15) is 25.5 Å². The molecular weight excluding hydrogens is 304 g/mol. The van der Waals surface area contributed by atoms with Gasteiger partial charge in [-0.05, 0) is 36.8 Å². The van der Waals surface area contributed by atoms with Crippen LogP contribution in [0.25, 0.3) is 0 Å². The van der Waals surface area contributed by atoms with E-state index in [1.54, 1.807) is 24.3 Å². The molecule has 0 fully saturated rings. The first-order valence-corrected chi connectivity index (χ1v) is 8.01. The Morgan fingerprint density at radius 3 is 2.42 bits per heavy atom. The Bertz CT molecular complexity index is 629. The number of nitrogens with one attached hydrogen (secondary N) is 2. The average Bonchev–Trinajstić information content (AvgIpc) is 2.59. The molecule has 0 saturated carbocycles. The molecule has 0 aliphatic carbocycles. The lowest BCUT2D eigenvalue weighted by Gasteiger charge is -2.18. The Morgan fingerprint density at radius 2 is 1.79 bits per heavy atom. The Morgan fingerprint density at radius 1 is 1.12 bits per heavy atom. The second-order valence-electron chi connectivity index (χ2n) is 5.71. The van der Waals surface area contributed by atoms with Crippen LogP contribution in [-0.2, 0) is 4.79 Å². The van der Waals surface area contributed by atoms with E-state index in [-0.39, 0.29) is 18.6 Å². The number of hydrogen-bond donors (Lipinski definition) is 3. The summed E-state index contributed by atoms with van der Waals surface area (Å²) in [6.07, 6.45) is -0.605. The number of anilines is 1. The first kappa shape index (κ1) is 18.0. The van der Waals surface area contributed by atoms with Crippen molar-refractivity contribution in [2.75, 3.05) is 18.5 Å². The molecule has 0 aliphatic rings. The summed E-state index contributed by atoms with van der Waals surface area (Å²) < 4.78 is 5.56. The van der Waals surface area contributed by atoms with Crippen molar-refractivity contribution in [3.05, 3.63) is 60.2 Å². The highest BCUT2D eigenvalue weighted by molar-refractivity contribution is 5.88. The zero-order valence-electron chi connectivity index (χ0n) is 14.0. The van der Waals surface area contributed by atoms with E-state index < -0.39 is 6.10 Å². The van der Waals surface area contributed by atoms with E-state index in [4.69, 9.17) is 4.74 Å². The van der Waals surface area contributed by atoms with E-state index in [9.17, 15) is 9.90 Å². The normalized spacial score (nSPS) is 13.1. The van der Waals surface area contributed by atoms with Gasteiger partial charge in [-0.2, -0.15) is 0 Å². The molecule has 0 heterocycles. The van der Waals surface area contributed by atoms with Gasteiger partial charge in [0.1, 0.15) is 18.5 Å². The Hall–Kier alpha value is -2.37.